The molecule has 1 unspecified atom stereocenters. The van der Waals surface area contributed by atoms with E-state index in [-0.39, 0.29) is 12.1 Å². The average Bonchev–Trinajstić information content (AvgIpc) is 2.86. The minimum Gasteiger partial charge on any atom is -0.453 e. The maximum absolute atomic E-state index is 12.7. The molecular weight excluding hydrogens is 406 g/mol. The second-order valence-corrected chi connectivity index (χ2v) is 8.73. The van der Waals surface area contributed by atoms with E-state index < -0.39 is 0 Å². The summed E-state index contributed by atoms with van der Waals surface area (Å²) in [5.74, 6) is -0.366. The summed E-state index contributed by atoms with van der Waals surface area (Å²) >= 11 is 0. The highest BCUT2D eigenvalue weighted by Gasteiger charge is 2.17. The van der Waals surface area contributed by atoms with E-state index in [1.165, 1.54) is 41.5 Å². The first-order chi connectivity index (χ1) is 16.1. The minimum absolute atomic E-state index is 0.283. The Morgan fingerprint density at radius 1 is 0.758 bits per heavy atom. The number of carbonyl (C=O) groups excluding carboxylic acids is 1. The zero-order valence-electron chi connectivity index (χ0n) is 20.3. The molecular formula is C30H37NO2. The summed E-state index contributed by atoms with van der Waals surface area (Å²) in [5.41, 5.74) is 6.28. The number of unbranched alkanes of at least 4 members (excludes halogenated alkanes) is 3. The highest BCUT2D eigenvalue weighted by molar-refractivity contribution is 5.87. The van der Waals surface area contributed by atoms with Gasteiger partial charge in [-0.05, 0) is 59.6 Å². The van der Waals surface area contributed by atoms with E-state index in [4.69, 9.17) is 4.74 Å². The molecule has 1 heterocycles. The smallest absolute Gasteiger partial charge is 0.357 e. The van der Waals surface area contributed by atoms with Gasteiger partial charge in [0.15, 0.2) is 0 Å². The normalized spacial score (nSPS) is 11.8. The maximum Gasteiger partial charge on any atom is 0.357 e. The molecule has 0 saturated carbocycles. The Kier molecular flexibility index (Phi) is 9.68. The fourth-order valence-corrected chi connectivity index (χ4v) is 4.07. The molecule has 0 saturated heterocycles. The van der Waals surface area contributed by atoms with Gasteiger partial charge in [0.05, 0.1) is 0 Å². The molecule has 0 bridgehead atoms. The third-order valence-corrected chi connectivity index (χ3v) is 6.08. The summed E-state index contributed by atoms with van der Waals surface area (Å²) in [5, 5.41) is 0. The van der Waals surface area contributed by atoms with Crippen molar-refractivity contribution >= 4 is 5.97 Å². The average molecular weight is 444 g/mol. The van der Waals surface area contributed by atoms with Crippen LogP contribution in [-0.2, 0) is 17.6 Å². The van der Waals surface area contributed by atoms with E-state index >= 15 is 0 Å². The van der Waals surface area contributed by atoms with Crippen molar-refractivity contribution in [1.82, 2.24) is 4.98 Å². The molecule has 3 rings (SSSR count). The number of aryl methyl sites for hydroxylation is 2. The topological polar surface area (TPSA) is 39.2 Å². The molecule has 0 aliphatic heterocycles. The molecule has 33 heavy (non-hydrogen) atoms. The summed E-state index contributed by atoms with van der Waals surface area (Å²) in [6.45, 7) is 6.45. The van der Waals surface area contributed by atoms with Crippen LogP contribution in [-0.4, -0.2) is 11.0 Å². The summed E-state index contributed by atoms with van der Waals surface area (Å²) < 4.78 is 5.81. The SMILES string of the molecule is CCCCCCc1ccc(C(=O)OC(CC)c2ccc(-c3ccc(CCC)cc3)cc2)nc1. The molecule has 0 amide bonds. The number of aromatic nitrogens is 1. The number of ether oxygens (including phenoxy) is 1. The lowest BCUT2D eigenvalue weighted by molar-refractivity contribution is 0.0281. The predicted molar refractivity (Wildman–Crippen MR) is 136 cm³/mol. The lowest BCUT2D eigenvalue weighted by atomic mass is 9.99. The van der Waals surface area contributed by atoms with E-state index in [2.05, 4.69) is 67.4 Å². The van der Waals surface area contributed by atoms with Crippen LogP contribution >= 0.6 is 0 Å². The van der Waals surface area contributed by atoms with Crippen LogP contribution in [0.4, 0.5) is 0 Å². The molecule has 3 nitrogen and oxygen atoms in total. The maximum atomic E-state index is 12.7. The molecule has 0 spiro atoms. The summed E-state index contributed by atoms with van der Waals surface area (Å²) in [7, 11) is 0. The Morgan fingerprint density at radius 2 is 1.42 bits per heavy atom. The van der Waals surface area contributed by atoms with Crippen LogP contribution in [0.25, 0.3) is 11.1 Å². The van der Waals surface area contributed by atoms with Crippen LogP contribution < -0.4 is 0 Å². The summed E-state index contributed by atoms with van der Waals surface area (Å²) in [6.07, 6.45) is 10.4. The molecule has 0 aliphatic rings. The number of rotatable bonds is 12. The van der Waals surface area contributed by atoms with E-state index in [1.54, 1.807) is 6.07 Å². The quantitative estimate of drug-likeness (QED) is 0.209. The van der Waals surface area contributed by atoms with Gasteiger partial charge in [-0.25, -0.2) is 9.78 Å². The van der Waals surface area contributed by atoms with Crippen LogP contribution in [0.15, 0.2) is 66.9 Å². The first kappa shape index (κ1) is 24.7. The highest BCUT2D eigenvalue weighted by atomic mass is 16.5. The van der Waals surface area contributed by atoms with Gasteiger partial charge in [-0.1, -0.05) is 101 Å². The van der Waals surface area contributed by atoms with Crippen molar-refractivity contribution in [2.24, 2.45) is 0 Å². The summed E-state index contributed by atoms with van der Waals surface area (Å²) in [4.78, 5) is 17.0. The molecule has 0 fully saturated rings. The molecule has 0 radical (unpaired) electrons. The van der Waals surface area contributed by atoms with E-state index in [0.29, 0.717) is 12.1 Å². The third-order valence-electron chi connectivity index (χ3n) is 6.08. The lowest BCUT2D eigenvalue weighted by Crippen LogP contribution is -2.12. The molecule has 174 valence electrons. The van der Waals surface area contributed by atoms with Crippen molar-refractivity contribution in [3.05, 3.63) is 89.2 Å². The van der Waals surface area contributed by atoms with Crippen LogP contribution in [0.5, 0.6) is 0 Å². The van der Waals surface area contributed by atoms with Gasteiger partial charge in [-0.2, -0.15) is 0 Å². The molecule has 3 aromatic rings. The van der Waals surface area contributed by atoms with Crippen molar-refractivity contribution in [3.63, 3.8) is 0 Å². The number of carbonyl (C=O) groups is 1. The second-order valence-electron chi connectivity index (χ2n) is 8.73. The van der Waals surface area contributed by atoms with Crippen molar-refractivity contribution in [2.45, 2.75) is 78.2 Å². The van der Waals surface area contributed by atoms with E-state index in [1.807, 2.05) is 19.2 Å². The molecule has 1 atom stereocenters. The number of esters is 1. The van der Waals surface area contributed by atoms with Crippen LogP contribution in [0.1, 0.15) is 92.6 Å². The standard InChI is InChI=1S/C30H37NO2/c1-4-7-8-9-11-24-14-21-28(31-22-24)30(32)33-29(6-3)27-19-17-26(18-20-27)25-15-12-23(10-5-2)13-16-25/h12-22,29H,4-11H2,1-3H3. The Labute approximate surface area is 199 Å². The Morgan fingerprint density at radius 3 is 2.00 bits per heavy atom. The number of hydrogen-bond donors (Lipinski definition) is 0. The predicted octanol–water partition coefficient (Wildman–Crippen LogP) is 8.13. The largest absolute Gasteiger partial charge is 0.453 e. The minimum atomic E-state index is -0.366. The molecule has 2 aromatic carbocycles. The van der Waals surface area contributed by atoms with Gasteiger partial charge < -0.3 is 4.74 Å². The van der Waals surface area contributed by atoms with Crippen molar-refractivity contribution < 1.29 is 9.53 Å². The van der Waals surface area contributed by atoms with Gasteiger partial charge in [-0.3, -0.25) is 0 Å². The van der Waals surface area contributed by atoms with Gasteiger partial charge in [0.25, 0.3) is 0 Å². The van der Waals surface area contributed by atoms with Gasteiger partial charge in [0, 0.05) is 6.20 Å². The van der Waals surface area contributed by atoms with E-state index in [0.717, 1.165) is 31.2 Å². The molecule has 0 aliphatic carbocycles. The van der Waals surface area contributed by atoms with E-state index in [9.17, 15) is 4.79 Å². The number of hydrogen-bond acceptors (Lipinski definition) is 3. The van der Waals surface area contributed by atoms with Gasteiger partial charge in [0.2, 0.25) is 0 Å². The number of pyridine rings is 1. The van der Waals surface area contributed by atoms with Crippen molar-refractivity contribution in [3.8, 4) is 11.1 Å². The molecule has 0 N–H and O–H groups in total. The third kappa shape index (κ3) is 7.28. The fraction of sp³-hybridized carbons (Fsp3) is 0.400. The van der Waals surface area contributed by atoms with Crippen LogP contribution in [0, 0.1) is 0 Å². The van der Waals surface area contributed by atoms with Gasteiger partial charge in [0.1, 0.15) is 11.8 Å². The second kappa shape index (κ2) is 12.9. The number of benzene rings is 2. The molecule has 3 heteroatoms. The van der Waals surface area contributed by atoms with Crippen molar-refractivity contribution in [2.75, 3.05) is 0 Å². The van der Waals surface area contributed by atoms with Crippen LogP contribution in [0.3, 0.4) is 0 Å². The van der Waals surface area contributed by atoms with Gasteiger partial charge >= 0.3 is 5.97 Å². The lowest BCUT2D eigenvalue weighted by Gasteiger charge is -2.17. The Bertz CT molecular complexity index is 975. The monoisotopic (exact) mass is 443 g/mol. The first-order valence-corrected chi connectivity index (χ1v) is 12.5. The number of nitrogens with zero attached hydrogens (tertiary/aromatic N) is 1. The summed E-state index contributed by atoms with van der Waals surface area (Å²) in [6, 6.07) is 20.9. The Hall–Kier alpha value is -2.94. The molecule has 1 aromatic heterocycles. The van der Waals surface area contributed by atoms with Crippen LogP contribution in [0.2, 0.25) is 0 Å². The van der Waals surface area contributed by atoms with Crippen molar-refractivity contribution in [1.29, 1.82) is 0 Å². The fourth-order valence-electron chi connectivity index (χ4n) is 4.07. The zero-order chi connectivity index (χ0) is 23.5. The zero-order valence-corrected chi connectivity index (χ0v) is 20.3. The van der Waals surface area contributed by atoms with Gasteiger partial charge in [-0.15, -0.1) is 0 Å². The Balaban J connectivity index is 1.60. The highest BCUT2D eigenvalue weighted by Crippen LogP contribution is 2.26. The first-order valence-electron chi connectivity index (χ1n) is 12.5.